The third kappa shape index (κ3) is 4.88. The molecular formula is C17H21F3N4O2S2. The van der Waals surface area contributed by atoms with E-state index in [1.807, 2.05) is 0 Å². The van der Waals surface area contributed by atoms with Crippen LogP contribution < -0.4 is 5.32 Å². The van der Waals surface area contributed by atoms with Gasteiger partial charge < -0.3 is 10.4 Å². The van der Waals surface area contributed by atoms with E-state index in [9.17, 15) is 23.1 Å². The number of nitrogens with one attached hydrogen (secondary N) is 1. The van der Waals surface area contributed by atoms with Crippen molar-refractivity contribution in [2.24, 2.45) is 0 Å². The second-order valence-electron chi connectivity index (χ2n) is 6.86. The molecule has 0 aromatic carbocycles. The number of halogens is 3. The molecule has 2 aromatic heterocycles. The Balaban J connectivity index is 1.65. The SMILES string of the molecule is Cc1csc(C(O)(CC(=O)Nc2nc(CN3CCCCC3)cs2)C(F)(F)F)n1. The Morgan fingerprint density at radius 2 is 1.93 bits per heavy atom. The largest absolute Gasteiger partial charge is 0.424 e. The summed E-state index contributed by atoms with van der Waals surface area (Å²) in [6.07, 6.45) is -2.71. The summed E-state index contributed by atoms with van der Waals surface area (Å²) in [5.41, 5.74) is -2.21. The maximum Gasteiger partial charge on any atom is 0.424 e. The highest BCUT2D eigenvalue weighted by molar-refractivity contribution is 7.14. The Labute approximate surface area is 168 Å². The molecule has 154 valence electrons. The third-order valence-electron chi connectivity index (χ3n) is 4.49. The number of amides is 1. The van der Waals surface area contributed by atoms with E-state index in [1.54, 1.807) is 5.38 Å². The number of aromatic nitrogens is 2. The maximum atomic E-state index is 13.5. The molecule has 1 saturated heterocycles. The minimum Gasteiger partial charge on any atom is -0.374 e. The Hall–Kier alpha value is -1.56. The van der Waals surface area contributed by atoms with Crippen LogP contribution in [0.1, 0.15) is 42.1 Å². The summed E-state index contributed by atoms with van der Waals surface area (Å²) in [6, 6.07) is 0. The molecule has 0 spiro atoms. The molecule has 1 aliphatic heterocycles. The van der Waals surface area contributed by atoms with Gasteiger partial charge in [-0.25, -0.2) is 9.97 Å². The molecule has 2 aromatic rings. The fourth-order valence-electron chi connectivity index (χ4n) is 3.02. The lowest BCUT2D eigenvalue weighted by molar-refractivity contribution is -0.266. The third-order valence-corrected chi connectivity index (χ3v) is 6.41. The summed E-state index contributed by atoms with van der Waals surface area (Å²) >= 11 is 1.83. The van der Waals surface area contributed by atoms with Crippen LogP contribution in [0.3, 0.4) is 0 Å². The van der Waals surface area contributed by atoms with E-state index in [4.69, 9.17) is 0 Å². The van der Waals surface area contributed by atoms with Gasteiger partial charge in [-0.1, -0.05) is 6.42 Å². The summed E-state index contributed by atoms with van der Waals surface area (Å²) in [6.45, 7) is 4.16. The van der Waals surface area contributed by atoms with Crippen LogP contribution in [0.25, 0.3) is 0 Å². The first kappa shape index (κ1) is 21.2. The number of nitrogens with zero attached hydrogens (tertiary/aromatic N) is 3. The van der Waals surface area contributed by atoms with Gasteiger partial charge in [0.15, 0.2) is 5.13 Å². The van der Waals surface area contributed by atoms with Gasteiger partial charge in [-0.2, -0.15) is 13.2 Å². The predicted molar refractivity (Wildman–Crippen MR) is 101 cm³/mol. The van der Waals surface area contributed by atoms with Crippen molar-refractivity contribution < 1.29 is 23.1 Å². The number of hydrogen-bond donors (Lipinski definition) is 2. The lowest BCUT2D eigenvalue weighted by Gasteiger charge is -2.27. The number of thiazole rings is 2. The van der Waals surface area contributed by atoms with Gasteiger partial charge in [0.1, 0.15) is 5.01 Å². The fraction of sp³-hybridized carbons (Fsp3) is 0.588. The lowest BCUT2D eigenvalue weighted by Crippen LogP contribution is -2.45. The van der Waals surface area contributed by atoms with E-state index in [1.165, 1.54) is 18.7 Å². The average Bonchev–Trinajstić information content (AvgIpc) is 3.24. The van der Waals surface area contributed by atoms with E-state index in [0.29, 0.717) is 23.6 Å². The molecule has 1 fully saturated rings. The predicted octanol–water partition coefficient (Wildman–Crippen LogP) is 3.67. The van der Waals surface area contributed by atoms with Gasteiger partial charge >= 0.3 is 6.18 Å². The summed E-state index contributed by atoms with van der Waals surface area (Å²) < 4.78 is 40.4. The monoisotopic (exact) mass is 434 g/mol. The molecule has 0 saturated carbocycles. The first-order chi connectivity index (χ1) is 13.2. The first-order valence-electron chi connectivity index (χ1n) is 8.86. The second-order valence-corrected chi connectivity index (χ2v) is 8.57. The molecular weight excluding hydrogens is 413 g/mol. The smallest absolute Gasteiger partial charge is 0.374 e. The van der Waals surface area contributed by atoms with Gasteiger partial charge in [-0.05, 0) is 32.9 Å². The highest BCUT2D eigenvalue weighted by atomic mass is 32.1. The number of likely N-dealkylation sites (tertiary alicyclic amines) is 1. The van der Waals surface area contributed by atoms with Crippen LogP contribution in [-0.4, -0.2) is 45.1 Å². The Bertz CT molecular complexity index is 817. The van der Waals surface area contributed by atoms with Crippen molar-refractivity contribution in [3.8, 4) is 0 Å². The van der Waals surface area contributed by atoms with E-state index in [-0.39, 0.29) is 5.13 Å². The Morgan fingerprint density at radius 1 is 1.21 bits per heavy atom. The molecule has 3 rings (SSSR count). The molecule has 6 nitrogen and oxygen atoms in total. The van der Waals surface area contributed by atoms with Crippen LogP contribution in [0.15, 0.2) is 10.8 Å². The van der Waals surface area contributed by atoms with Crippen LogP contribution in [-0.2, 0) is 16.9 Å². The quantitative estimate of drug-likeness (QED) is 0.725. The van der Waals surface area contributed by atoms with Gasteiger partial charge in [0.05, 0.1) is 12.1 Å². The van der Waals surface area contributed by atoms with Crippen LogP contribution in [0.4, 0.5) is 18.3 Å². The molecule has 1 amide bonds. The number of aliphatic hydroxyl groups is 1. The molecule has 28 heavy (non-hydrogen) atoms. The Morgan fingerprint density at radius 3 is 2.54 bits per heavy atom. The number of carbonyl (C=O) groups is 1. The molecule has 0 aliphatic carbocycles. The van der Waals surface area contributed by atoms with Crippen molar-refractivity contribution in [1.82, 2.24) is 14.9 Å². The number of rotatable bonds is 6. The first-order valence-corrected chi connectivity index (χ1v) is 10.6. The van der Waals surface area contributed by atoms with Crippen molar-refractivity contribution in [3.63, 3.8) is 0 Å². The molecule has 1 atom stereocenters. The topological polar surface area (TPSA) is 78.3 Å². The highest BCUT2D eigenvalue weighted by Crippen LogP contribution is 2.43. The average molecular weight is 435 g/mol. The van der Waals surface area contributed by atoms with Crippen LogP contribution >= 0.6 is 22.7 Å². The number of carbonyl (C=O) groups excluding carboxylic acids is 1. The molecule has 1 aliphatic rings. The molecule has 11 heteroatoms. The molecule has 2 N–H and O–H groups in total. The minimum atomic E-state index is -5.03. The van der Waals surface area contributed by atoms with Crippen molar-refractivity contribution in [1.29, 1.82) is 0 Å². The van der Waals surface area contributed by atoms with Gasteiger partial charge in [0.25, 0.3) is 0 Å². The zero-order chi connectivity index (χ0) is 20.4. The molecule has 0 bridgehead atoms. The number of anilines is 1. The van der Waals surface area contributed by atoms with E-state index < -0.39 is 29.1 Å². The van der Waals surface area contributed by atoms with Crippen LogP contribution in [0.5, 0.6) is 0 Å². The Kier molecular flexibility index (Phi) is 6.37. The molecule has 0 radical (unpaired) electrons. The van der Waals surface area contributed by atoms with Gasteiger partial charge in [-0.15, -0.1) is 22.7 Å². The molecule has 1 unspecified atom stereocenters. The zero-order valence-corrected chi connectivity index (χ0v) is 16.9. The maximum absolute atomic E-state index is 13.5. The summed E-state index contributed by atoms with van der Waals surface area (Å²) in [5, 5.41) is 15.5. The minimum absolute atomic E-state index is 0.219. The number of aryl methyl sites for hydroxylation is 1. The van der Waals surface area contributed by atoms with E-state index in [2.05, 4.69) is 20.2 Å². The van der Waals surface area contributed by atoms with Crippen LogP contribution in [0, 0.1) is 6.92 Å². The standard InChI is InChI=1S/C17H21F3N4O2S2/c1-11-9-27-14(21-11)16(26,17(18,19)20)7-13(25)23-15-22-12(10-28-15)8-24-5-3-2-4-6-24/h9-10,26H,2-8H2,1H3,(H,22,23,25). The number of hydrogen-bond acceptors (Lipinski definition) is 7. The van der Waals surface area contributed by atoms with Gasteiger partial charge in [0, 0.05) is 23.0 Å². The van der Waals surface area contributed by atoms with Crippen molar-refractivity contribution in [2.45, 2.75) is 50.9 Å². The highest BCUT2D eigenvalue weighted by Gasteiger charge is 2.58. The van der Waals surface area contributed by atoms with Crippen molar-refractivity contribution >= 4 is 33.7 Å². The zero-order valence-electron chi connectivity index (χ0n) is 15.3. The van der Waals surface area contributed by atoms with Crippen molar-refractivity contribution in [2.75, 3.05) is 18.4 Å². The summed E-state index contributed by atoms with van der Waals surface area (Å²) in [7, 11) is 0. The van der Waals surface area contributed by atoms with Gasteiger partial charge in [-0.3, -0.25) is 9.69 Å². The lowest BCUT2D eigenvalue weighted by atomic mass is 9.99. The van der Waals surface area contributed by atoms with Gasteiger partial charge in [0.2, 0.25) is 11.5 Å². The van der Waals surface area contributed by atoms with Crippen LogP contribution in [0.2, 0.25) is 0 Å². The summed E-state index contributed by atoms with van der Waals surface area (Å²) in [4.78, 5) is 22.5. The summed E-state index contributed by atoms with van der Waals surface area (Å²) in [5.74, 6) is -0.966. The number of alkyl halides is 3. The number of piperidine rings is 1. The second kappa shape index (κ2) is 8.44. The normalized spacial score (nSPS) is 18.0. The fourth-order valence-corrected chi connectivity index (χ4v) is 4.65. The van der Waals surface area contributed by atoms with E-state index in [0.717, 1.165) is 43.0 Å². The molecule has 3 heterocycles. The van der Waals surface area contributed by atoms with E-state index >= 15 is 0 Å². The van der Waals surface area contributed by atoms with Crippen molar-refractivity contribution in [3.05, 3.63) is 27.2 Å².